The van der Waals surface area contributed by atoms with Crippen LogP contribution in [0.25, 0.3) is 27.7 Å². The van der Waals surface area contributed by atoms with Gasteiger partial charge in [0.2, 0.25) is 0 Å². The molecule has 0 atom stereocenters. The van der Waals surface area contributed by atoms with E-state index in [9.17, 15) is 22.4 Å². The zero-order chi connectivity index (χ0) is 47.1. The molecule has 0 spiro atoms. The minimum absolute atomic E-state index is 0.158. The number of anilines is 3. The van der Waals surface area contributed by atoms with Crippen LogP contribution in [0.4, 0.5) is 34.8 Å². The van der Waals surface area contributed by atoms with Gasteiger partial charge in [-0.25, -0.2) is 19.3 Å². The lowest BCUT2D eigenvalue weighted by Gasteiger charge is -2.34. The van der Waals surface area contributed by atoms with E-state index in [0.717, 1.165) is 76.4 Å². The van der Waals surface area contributed by atoms with E-state index in [-0.39, 0.29) is 29.5 Å². The third-order valence-electron chi connectivity index (χ3n) is 11.3. The minimum Gasteiger partial charge on any atom is -0.491 e. The molecule has 0 unspecified atom stereocenters. The number of carbonyl (C=O) groups is 1. The van der Waals surface area contributed by atoms with E-state index in [0.29, 0.717) is 40.7 Å². The number of hydrogen-bond donors (Lipinski definition) is 2. The maximum absolute atomic E-state index is 13.4. The SMILES string of the molecule is CC(C)Oc1ccc(-c2ccc(Nc3ncnc4cc(F)ccc34)cc2)cc1.CCc1nc2ccc(Cl)cn2c1C(=O)NCc1ccc(N2CCC(c3ccc(OC(F)(F)F)cc3)CC2)cc1. The number of amides is 1. The van der Waals surface area contributed by atoms with E-state index < -0.39 is 6.36 Å². The van der Waals surface area contributed by atoms with Crippen molar-refractivity contribution < 1.29 is 31.8 Å². The van der Waals surface area contributed by atoms with E-state index in [1.165, 1.54) is 30.6 Å². The number of rotatable bonds is 12. The molecular weight excluding hydrogens is 882 g/mol. The van der Waals surface area contributed by atoms with Crippen molar-refractivity contribution in [1.82, 2.24) is 24.7 Å². The molecule has 1 aliphatic heterocycles. The highest BCUT2D eigenvalue weighted by Crippen LogP contribution is 2.33. The van der Waals surface area contributed by atoms with Crippen LogP contribution in [0.3, 0.4) is 0 Å². The summed E-state index contributed by atoms with van der Waals surface area (Å²) in [6.45, 7) is 8.06. The molecule has 3 aromatic heterocycles. The van der Waals surface area contributed by atoms with Crippen LogP contribution < -0.4 is 25.0 Å². The summed E-state index contributed by atoms with van der Waals surface area (Å²) in [5.74, 6) is 1.08. The van der Waals surface area contributed by atoms with Gasteiger partial charge in [0, 0.05) is 48.7 Å². The van der Waals surface area contributed by atoms with Crippen LogP contribution in [0.1, 0.15) is 66.8 Å². The van der Waals surface area contributed by atoms with E-state index in [4.69, 9.17) is 16.3 Å². The number of benzene rings is 5. The molecule has 1 aliphatic rings. The molecule has 5 aromatic carbocycles. The van der Waals surface area contributed by atoms with Gasteiger partial charge in [-0.05, 0) is 134 Å². The fraction of sp³-hybridized carbons (Fsp3) is 0.231. The average molecular weight is 930 g/mol. The molecule has 0 radical (unpaired) electrons. The number of fused-ring (bicyclic) bond motifs is 2. The number of alkyl halides is 3. The summed E-state index contributed by atoms with van der Waals surface area (Å²) in [5.41, 5.74) is 8.69. The van der Waals surface area contributed by atoms with Gasteiger partial charge in [-0.2, -0.15) is 0 Å². The van der Waals surface area contributed by atoms with Crippen LogP contribution in [0.2, 0.25) is 5.02 Å². The first-order valence-electron chi connectivity index (χ1n) is 22.0. The van der Waals surface area contributed by atoms with Gasteiger partial charge in [0.25, 0.3) is 5.91 Å². The smallest absolute Gasteiger partial charge is 0.491 e. The lowest BCUT2D eigenvalue weighted by molar-refractivity contribution is -0.274. The average Bonchev–Trinajstić information content (AvgIpc) is 3.69. The maximum atomic E-state index is 13.4. The van der Waals surface area contributed by atoms with E-state index >= 15 is 0 Å². The van der Waals surface area contributed by atoms with Crippen molar-refractivity contribution in [3.8, 4) is 22.6 Å². The Morgan fingerprint density at radius 1 is 0.836 bits per heavy atom. The Kier molecular flexibility index (Phi) is 14.2. The van der Waals surface area contributed by atoms with E-state index in [1.54, 1.807) is 40.9 Å². The Hall–Kier alpha value is -7.19. The highest BCUT2D eigenvalue weighted by molar-refractivity contribution is 6.30. The van der Waals surface area contributed by atoms with Crippen molar-refractivity contribution in [1.29, 1.82) is 0 Å². The molecule has 344 valence electrons. The van der Waals surface area contributed by atoms with E-state index in [1.807, 2.05) is 81.4 Å². The number of aryl methyl sites for hydroxylation is 1. The van der Waals surface area contributed by atoms with Gasteiger partial charge in [-0.15, -0.1) is 13.2 Å². The van der Waals surface area contributed by atoms with Gasteiger partial charge in [-0.1, -0.05) is 67.1 Å². The van der Waals surface area contributed by atoms with Gasteiger partial charge in [0.05, 0.1) is 22.3 Å². The Morgan fingerprint density at radius 3 is 2.16 bits per heavy atom. The topological polar surface area (TPSA) is 106 Å². The van der Waals surface area contributed by atoms with Gasteiger partial charge in [-0.3, -0.25) is 9.20 Å². The molecule has 0 saturated carbocycles. The Morgan fingerprint density at radius 2 is 1.51 bits per heavy atom. The van der Waals surface area contributed by atoms with Gasteiger partial charge >= 0.3 is 6.36 Å². The molecule has 15 heteroatoms. The van der Waals surface area contributed by atoms with Crippen molar-refractivity contribution in [2.45, 2.75) is 65.0 Å². The number of ether oxygens (including phenoxy) is 2. The van der Waals surface area contributed by atoms with Crippen LogP contribution in [-0.4, -0.2) is 50.8 Å². The number of nitrogens with one attached hydrogen (secondary N) is 2. The molecule has 9 rings (SSSR count). The first-order chi connectivity index (χ1) is 32.3. The fourth-order valence-electron chi connectivity index (χ4n) is 8.07. The Balaban J connectivity index is 0.000000192. The standard InChI is InChI=1S/C29H28ClF3N4O2.C23H20FN3O/c1-2-25-27(37-18-22(30)7-12-26(37)35-25)28(38)34-17-19-3-8-23(9-4-19)36-15-13-21(14-16-36)20-5-10-24(11-6-20)39-29(31,32)33;1-15(2)28-20-10-5-17(6-11-20)16-3-8-19(9-4-16)27-23-21-12-7-18(24)13-22(21)25-14-26-23/h3-12,18,21H,2,13-17H2,1H3,(H,34,38);3-15H,1-2H3,(H,25,26,27). The zero-order valence-corrected chi connectivity index (χ0v) is 37.8. The second kappa shape index (κ2) is 20.5. The van der Waals surface area contributed by atoms with Crippen molar-refractivity contribution in [2.24, 2.45) is 0 Å². The summed E-state index contributed by atoms with van der Waals surface area (Å²) >= 11 is 6.14. The Bertz CT molecular complexity index is 2940. The van der Waals surface area contributed by atoms with E-state index in [2.05, 4.69) is 47.4 Å². The quantitative estimate of drug-likeness (QED) is 0.117. The first kappa shape index (κ1) is 46.3. The highest BCUT2D eigenvalue weighted by atomic mass is 35.5. The predicted octanol–water partition coefficient (Wildman–Crippen LogP) is 12.7. The summed E-state index contributed by atoms with van der Waals surface area (Å²) in [6, 6.07) is 38.5. The van der Waals surface area contributed by atoms with Crippen molar-refractivity contribution in [2.75, 3.05) is 23.3 Å². The molecule has 1 amide bonds. The second-order valence-corrected chi connectivity index (χ2v) is 16.8. The molecule has 0 bridgehead atoms. The number of nitrogens with zero attached hydrogens (tertiary/aromatic N) is 5. The molecule has 8 aromatic rings. The first-order valence-corrected chi connectivity index (χ1v) is 22.3. The summed E-state index contributed by atoms with van der Waals surface area (Å²) < 4.78 is 62.0. The third-order valence-corrected chi connectivity index (χ3v) is 11.6. The molecule has 2 N–H and O–H groups in total. The maximum Gasteiger partial charge on any atom is 0.573 e. The number of halogens is 5. The molecule has 1 saturated heterocycles. The fourth-order valence-corrected chi connectivity index (χ4v) is 8.23. The summed E-state index contributed by atoms with van der Waals surface area (Å²) in [6.07, 6.45) is 1.04. The summed E-state index contributed by atoms with van der Waals surface area (Å²) in [7, 11) is 0. The monoisotopic (exact) mass is 929 g/mol. The molecule has 67 heavy (non-hydrogen) atoms. The third kappa shape index (κ3) is 11.8. The number of pyridine rings is 1. The van der Waals surface area contributed by atoms with Gasteiger partial charge in [0.15, 0.2) is 0 Å². The lowest BCUT2D eigenvalue weighted by atomic mass is 9.89. The molecule has 10 nitrogen and oxygen atoms in total. The lowest BCUT2D eigenvalue weighted by Crippen LogP contribution is -2.32. The summed E-state index contributed by atoms with van der Waals surface area (Å²) in [5, 5.41) is 7.59. The highest BCUT2D eigenvalue weighted by Gasteiger charge is 2.31. The van der Waals surface area contributed by atoms with Crippen LogP contribution in [0, 0.1) is 5.82 Å². The predicted molar refractivity (Wildman–Crippen MR) is 255 cm³/mol. The number of piperidine rings is 1. The van der Waals surface area contributed by atoms with Crippen molar-refractivity contribution in [3.05, 3.63) is 173 Å². The van der Waals surface area contributed by atoms with Crippen LogP contribution in [-0.2, 0) is 13.0 Å². The number of imidazole rings is 1. The number of hydrogen-bond acceptors (Lipinski definition) is 8. The normalized spacial score (nSPS) is 13.1. The Labute approximate surface area is 390 Å². The zero-order valence-electron chi connectivity index (χ0n) is 37.0. The van der Waals surface area contributed by atoms with Gasteiger partial charge in [0.1, 0.15) is 40.8 Å². The number of carbonyl (C=O) groups excluding carboxylic acids is 1. The largest absolute Gasteiger partial charge is 0.573 e. The number of aromatic nitrogens is 4. The van der Waals surface area contributed by atoms with Crippen LogP contribution in [0.15, 0.2) is 140 Å². The molecule has 0 aliphatic carbocycles. The van der Waals surface area contributed by atoms with Crippen LogP contribution >= 0.6 is 11.6 Å². The molecule has 4 heterocycles. The molecular formula is C52H48ClF4N7O3. The van der Waals surface area contributed by atoms with Crippen LogP contribution in [0.5, 0.6) is 11.5 Å². The summed E-state index contributed by atoms with van der Waals surface area (Å²) in [4.78, 5) is 28.3. The second-order valence-electron chi connectivity index (χ2n) is 16.3. The minimum atomic E-state index is -4.68. The van der Waals surface area contributed by atoms with Crippen molar-refractivity contribution >= 4 is 51.3 Å². The molecule has 1 fully saturated rings. The van der Waals surface area contributed by atoms with Gasteiger partial charge < -0.3 is 25.0 Å². The van der Waals surface area contributed by atoms with Crippen molar-refractivity contribution in [3.63, 3.8) is 0 Å².